The predicted octanol–water partition coefficient (Wildman–Crippen LogP) is 5.12. The average molecular weight is 695 g/mol. The van der Waals surface area contributed by atoms with E-state index in [0.717, 1.165) is 35.0 Å². The fraction of sp³-hybridized carbons (Fsp3) is 0.211. The van der Waals surface area contributed by atoms with E-state index >= 15 is 0 Å². The quantitative estimate of drug-likeness (QED) is 0.0531. The van der Waals surface area contributed by atoms with Gasteiger partial charge in [0.2, 0.25) is 5.95 Å². The number of carbonyl (C=O) groups excluding carboxylic acids is 3. The molecule has 0 saturated heterocycles. The summed E-state index contributed by atoms with van der Waals surface area (Å²) in [7, 11) is 0. The van der Waals surface area contributed by atoms with Crippen LogP contribution in [0.15, 0.2) is 111 Å². The van der Waals surface area contributed by atoms with Crippen LogP contribution in [-0.2, 0) is 41.4 Å². The van der Waals surface area contributed by atoms with Crippen molar-refractivity contribution in [3.63, 3.8) is 0 Å². The number of hydrogen-bond donors (Lipinski definition) is 1. The van der Waals surface area contributed by atoms with Gasteiger partial charge < -0.3 is 33.7 Å². The lowest BCUT2D eigenvalue weighted by molar-refractivity contribution is -0.139. The summed E-state index contributed by atoms with van der Waals surface area (Å²) in [6, 6.07) is 22.2. The van der Waals surface area contributed by atoms with E-state index in [4.69, 9.17) is 33.4 Å². The van der Waals surface area contributed by atoms with Crippen LogP contribution in [0.25, 0.3) is 0 Å². The maximum atomic E-state index is 11.2. The van der Waals surface area contributed by atoms with Crippen molar-refractivity contribution in [3.8, 4) is 17.2 Å². The van der Waals surface area contributed by atoms with Gasteiger partial charge >= 0.3 is 17.9 Å². The molecule has 0 amide bonds. The number of anilines is 2. The second-order valence-electron chi connectivity index (χ2n) is 10.4. The van der Waals surface area contributed by atoms with E-state index in [1.165, 1.54) is 0 Å². The third-order valence-electron chi connectivity index (χ3n) is 6.70. The number of hydrogen-bond acceptors (Lipinski definition) is 13. The molecule has 264 valence electrons. The van der Waals surface area contributed by atoms with Crippen LogP contribution in [0.4, 0.5) is 11.6 Å². The van der Waals surface area contributed by atoms with Gasteiger partial charge in [-0.2, -0.15) is 9.97 Å². The van der Waals surface area contributed by atoms with Gasteiger partial charge in [0, 0.05) is 36.8 Å². The maximum Gasteiger partial charge on any atom is 0.330 e. The summed E-state index contributed by atoms with van der Waals surface area (Å²) in [5.74, 6) is 1.81. The summed E-state index contributed by atoms with van der Waals surface area (Å²) in [4.78, 5) is 47.7. The number of nitrogens with zero attached hydrogens (tertiary/aromatic N) is 3. The third-order valence-corrected chi connectivity index (χ3v) is 6.70. The van der Waals surface area contributed by atoms with Gasteiger partial charge in [0.25, 0.3) is 0 Å². The van der Waals surface area contributed by atoms with Crippen molar-refractivity contribution >= 4 is 29.5 Å². The molecule has 0 radical (unpaired) electrons. The highest BCUT2D eigenvalue weighted by atomic mass is 16.6. The molecule has 0 unspecified atom stereocenters. The summed E-state index contributed by atoms with van der Waals surface area (Å²) >= 11 is 0. The van der Waals surface area contributed by atoms with Gasteiger partial charge in [0.05, 0.1) is 0 Å². The number of nitrogens with one attached hydrogen (secondary N) is 1. The summed E-state index contributed by atoms with van der Waals surface area (Å²) in [6.45, 7) is 11.0. The summed E-state index contributed by atoms with van der Waals surface area (Å²) in [5, 5.41) is 3.25. The summed E-state index contributed by atoms with van der Waals surface area (Å²) in [6.07, 6.45) is 4.15. The van der Waals surface area contributed by atoms with Crippen LogP contribution in [0.1, 0.15) is 22.8 Å². The summed E-state index contributed by atoms with van der Waals surface area (Å²) < 4.78 is 31.7. The fourth-order valence-electron chi connectivity index (χ4n) is 4.30. The molecule has 0 spiro atoms. The second kappa shape index (κ2) is 20.1. The van der Waals surface area contributed by atoms with Crippen LogP contribution in [0.2, 0.25) is 0 Å². The number of benzene rings is 3. The first-order valence-electron chi connectivity index (χ1n) is 15.9. The highest BCUT2D eigenvalue weighted by Crippen LogP contribution is 2.21. The molecular weight excluding hydrogens is 656 g/mol. The minimum absolute atomic E-state index is 0.104. The Bertz CT molecular complexity index is 1560. The Labute approximate surface area is 295 Å². The van der Waals surface area contributed by atoms with Gasteiger partial charge in [-0.15, -0.1) is 0 Å². The van der Waals surface area contributed by atoms with Crippen LogP contribution in [0, 0.1) is 0 Å². The number of rotatable bonds is 21. The van der Waals surface area contributed by atoms with E-state index < -0.39 is 17.9 Å². The Balaban J connectivity index is 1.43. The van der Waals surface area contributed by atoms with Crippen molar-refractivity contribution in [1.82, 2.24) is 15.0 Å². The first kappa shape index (κ1) is 37.3. The molecule has 0 bridgehead atoms. The summed E-state index contributed by atoms with van der Waals surface area (Å²) in [5.41, 5.74) is 2.62. The zero-order valence-electron chi connectivity index (χ0n) is 28.0. The third kappa shape index (κ3) is 13.5. The molecule has 0 aliphatic rings. The Morgan fingerprint density at radius 3 is 1.22 bits per heavy atom. The molecule has 1 N–H and O–H groups in total. The maximum absolute atomic E-state index is 11.2. The molecule has 13 nitrogen and oxygen atoms in total. The minimum atomic E-state index is -0.507. The molecule has 3 aromatic carbocycles. The lowest BCUT2D eigenvalue weighted by Gasteiger charge is -2.11. The van der Waals surface area contributed by atoms with Gasteiger partial charge in [-0.25, -0.2) is 19.4 Å². The van der Waals surface area contributed by atoms with Crippen molar-refractivity contribution in [2.75, 3.05) is 45.0 Å². The van der Waals surface area contributed by atoms with Crippen molar-refractivity contribution in [2.45, 2.75) is 12.8 Å². The topological polar surface area (TPSA) is 157 Å². The molecule has 1 heterocycles. The van der Waals surface area contributed by atoms with E-state index in [9.17, 15) is 14.4 Å². The van der Waals surface area contributed by atoms with Crippen LogP contribution < -0.4 is 19.5 Å². The number of ether oxygens (including phenoxy) is 6. The smallest absolute Gasteiger partial charge is 0.330 e. The minimum Gasteiger partial charge on any atom is -0.490 e. The van der Waals surface area contributed by atoms with Crippen molar-refractivity contribution in [3.05, 3.63) is 134 Å². The lowest BCUT2D eigenvalue weighted by atomic mass is 10.1. The molecule has 0 aliphatic carbocycles. The molecule has 4 aromatic rings. The fourth-order valence-corrected chi connectivity index (χ4v) is 4.30. The van der Waals surface area contributed by atoms with Crippen LogP contribution in [0.3, 0.4) is 0 Å². The first-order chi connectivity index (χ1) is 24.8. The Hall–Kier alpha value is -6.50. The molecule has 0 aliphatic heterocycles. The Morgan fingerprint density at radius 1 is 0.510 bits per heavy atom. The van der Waals surface area contributed by atoms with Gasteiger partial charge in [-0.1, -0.05) is 44.0 Å². The Morgan fingerprint density at radius 2 is 0.863 bits per heavy atom. The molecule has 4 rings (SSSR count). The predicted molar refractivity (Wildman–Crippen MR) is 188 cm³/mol. The SMILES string of the molecule is C=CC(=O)OCCOc1ccc(Cc2nc(Cc3ccc(OCCOC(=O)C=C)cc3)nc(Nc3ccc(OCCOC(=O)C=C)cc3)n2)cc1. The van der Waals surface area contributed by atoms with Gasteiger partial charge in [0.15, 0.2) is 0 Å². The van der Waals surface area contributed by atoms with Crippen molar-refractivity contribution < 1.29 is 42.8 Å². The van der Waals surface area contributed by atoms with E-state index in [1.54, 1.807) is 12.1 Å². The normalized spacial score (nSPS) is 10.3. The zero-order valence-corrected chi connectivity index (χ0v) is 28.0. The Kier molecular flexibility index (Phi) is 14.7. The molecule has 51 heavy (non-hydrogen) atoms. The molecular formula is C38H38N4O9. The lowest BCUT2D eigenvalue weighted by Crippen LogP contribution is -2.10. The number of aromatic nitrogens is 3. The molecule has 0 fully saturated rings. The monoisotopic (exact) mass is 694 g/mol. The molecule has 1 aromatic heterocycles. The second-order valence-corrected chi connectivity index (χ2v) is 10.4. The van der Waals surface area contributed by atoms with E-state index in [1.807, 2.05) is 60.7 Å². The highest BCUT2D eigenvalue weighted by Gasteiger charge is 2.11. The van der Waals surface area contributed by atoms with Gasteiger partial charge in [-0.05, 0) is 59.7 Å². The van der Waals surface area contributed by atoms with E-state index in [2.05, 4.69) is 35.0 Å². The van der Waals surface area contributed by atoms with Crippen molar-refractivity contribution in [1.29, 1.82) is 0 Å². The first-order valence-corrected chi connectivity index (χ1v) is 15.9. The molecule has 0 atom stereocenters. The standard InChI is InChI=1S/C38H38N4O9/c1-4-35(43)49-22-19-46-30-13-7-27(8-14-30)25-33-40-34(26-28-9-15-31(16-10-28)47-20-23-50-36(44)5-2)42-38(41-33)39-29-11-17-32(18-12-29)48-21-24-51-37(45)6-3/h4-18H,1-3,19-26H2,(H,39,40,41,42). The van der Waals surface area contributed by atoms with Gasteiger partial charge in [-0.3, -0.25) is 0 Å². The number of carbonyl (C=O) groups is 3. The van der Waals surface area contributed by atoms with Gasteiger partial charge in [0.1, 0.15) is 68.5 Å². The van der Waals surface area contributed by atoms with Crippen LogP contribution >= 0.6 is 0 Å². The highest BCUT2D eigenvalue weighted by molar-refractivity contribution is 5.81. The van der Waals surface area contributed by atoms with Crippen LogP contribution in [-0.4, -0.2) is 72.5 Å². The average Bonchev–Trinajstić information content (AvgIpc) is 3.15. The molecule has 0 saturated carbocycles. The van der Waals surface area contributed by atoms with E-state index in [0.29, 0.717) is 47.7 Å². The van der Waals surface area contributed by atoms with Crippen LogP contribution in [0.5, 0.6) is 17.2 Å². The number of esters is 3. The molecule has 13 heteroatoms. The largest absolute Gasteiger partial charge is 0.490 e. The van der Waals surface area contributed by atoms with E-state index in [-0.39, 0.29) is 39.6 Å². The zero-order chi connectivity index (χ0) is 36.3. The van der Waals surface area contributed by atoms with Crippen molar-refractivity contribution in [2.24, 2.45) is 0 Å².